The summed E-state index contributed by atoms with van der Waals surface area (Å²) in [6.45, 7) is 7.04. The maximum Gasteiger partial charge on any atom is 0.270 e. The number of methoxy groups -OCH3 is 1. The highest BCUT2D eigenvalue weighted by atomic mass is 32.1. The molecule has 5 nitrogen and oxygen atoms in total. The SMILES string of the molecule is COC(CNC(=O)c1csc(CN)n1)C(C)(C)C. The van der Waals surface area contributed by atoms with E-state index in [1.165, 1.54) is 11.3 Å². The lowest BCUT2D eigenvalue weighted by molar-refractivity contribution is 0.0175. The summed E-state index contributed by atoms with van der Waals surface area (Å²) < 4.78 is 5.37. The van der Waals surface area contributed by atoms with Gasteiger partial charge in [-0.15, -0.1) is 11.3 Å². The van der Waals surface area contributed by atoms with Gasteiger partial charge in [-0.1, -0.05) is 20.8 Å². The van der Waals surface area contributed by atoms with Gasteiger partial charge in [0.25, 0.3) is 5.91 Å². The Balaban J connectivity index is 2.55. The summed E-state index contributed by atoms with van der Waals surface area (Å²) in [6, 6.07) is 0. The molecule has 1 heterocycles. The Labute approximate surface area is 112 Å². The van der Waals surface area contributed by atoms with E-state index in [0.29, 0.717) is 18.8 Å². The molecule has 1 rings (SSSR count). The van der Waals surface area contributed by atoms with E-state index in [2.05, 4.69) is 31.1 Å². The number of ether oxygens (including phenoxy) is 1. The fourth-order valence-corrected chi connectivity index (χ4v) is 2.18. The second kappa shape index (κ2) is 6.26. The van der Waals surface area contributed by atoms with E-state index in [1.807, 2.05) is 0 Å². The number of carbonyl (C=O) groups excluding carboxylic acids is 1. The Morgan fingerprint density at radius 3 is 2.72 bits per heavy atom. The molecule has 0 aliphatic rings. The highest BCUT2D eigenvalue weighted by Crippen LogP contribution is 2.21. The summed E-state index contributed by atoms with van der Waals surface area (Å²) >= 11 is 1.40. The van der Waals surface area contributed by atoms with E-state index in [-0.39, 0.29) is 17.4 Å². The van der Waals surface area contributed by atoms with Gasteiger partial charge in [0.05, 0.1) is 6.10 Å². The number of carbonyl (C=O) groups is 1. The number of rotatable bonds is 5. The monoisotopic (exact) mass is 271 g/mol. The fourth-order valence-electron chi connectivity index (χ4n) is 1.53. The van der Waals surface area contributed by atoms with Crippen LogP contribution in [-0.4, -0.2) is 30.6 Å². The van der Waals surface area contributed by atoms with Crippen molar-refractivity contribution in [3.8, 4) is 0 Å². The van der Waals surface area contributed by atoms with E-state index < -0.39 is 0 Å². The largest absolute Gasteiger partial charge is 0.379 e. The second-order valence-corrected chi connectivity index (χ2v) is 6.07. The van der Waals surface area contributed by atoms with Gasteiger partial charge >= 0.3 is 0 Å². The highest BCUT2D eigenvalue weighted by Gasteiger charge is 2.25. The first-order valence-corrected chi connectivity index (χ1v) is 6.72. The molecule has 1 amide bonds. The minimum Gasteiger partial charge on any atom is -0.379 e. The molecule has 0 aliphatic heterocycles. The molecule has 0 fully saturated rings. The average Bonchev–Trinajstić information content (AvgIpc) is 2.76. The first-order chi connectivity index (χ1) is 8.38. The van der Waals surface area contributed by atoms with Crippen LogP contribution in [0.25, 0.3) is 0 Å². The summed E-state index contributed by atoms with van der Waals surface area (Å²) in [5.74, 6) is -0.183. The van der Waals surface area contributed by atoms with Crippen molar-refractivity contribution < 1.29 is 9.53 Å². The first-order valence-electron chi connectivity index (χ1n) is 5.84. The molecule has 1 aromatic heterocycles. The maximum atomic E-state index is 11.9. The Morgan fingerprint density at radius 1 is 1.61 bits per heavy atom. The van der Waals surface area contributed by atoms with Gasteiger partial charge in [-0.3, -0.25) is 4.79 Å². The smallest absolute Gasteiger partial charge is 0.270 e. The number of nitrogens with zero attached hydrogens (tertiary/aromatic N) is 1. The van der Waals surface area contributed by atoms with Crippen LogP contribution in [0.15, 0.2) is 5.38 Å². The van der Waals surface area contributed by atoms with Crippen molar-refractivity contribution in [3.63, 3.8) is 0 Å². The molecular formula is C12H21N3O2S. The van der Waals surface area contributed by atoms with Gasteiger partial charge in [-0.2, -0.15) is 0 Å². The van der Waals surface area contributed by atoms with Gasteiger partial charge in [0.2, 0.25) is 0 Å². The third-order valence-electron chi connectivity index (χ3n) is 2.66. The maximum absolute atomic E-state index is 11.9. The Hall–Kier alpha value is -0.980. The van der Waals surface area contributed by atoms with E-state index in [0.717, 1.165) is 5.01 Å². The van der Waals surface area contributed by atoms with Gasteiger partial charge < -0.3 is 15.8 Å². The van der Waals surface area contributed by atoms with Crippen molar-refractivity contribution >= 4 is 17.2 Å². The summed E-state index contributed by atoms with van der Waals surface area (Å²) in [4.78, 5) is 16.0. The lowest BCUT2D eigenvalue weighted by atomic mass is 9.89. The molecule has 0 spiro atoms. The molecule has 1 atom stereocenters. The number of hydrogen-bond donors (Lipinski definition) is 2. The van der Waals surface area contributed by atoms with Gasteiger partial charge in [-0.05, 0) is 5.41 Å². The van der Waals surface area contributed by atoms with E-state index in [9.17, 15) is 4.79 Å². The number of nitrogens with two attached hydrogens (primary N) is 1. The zero-order valence-electron chi connectivity index (χ0n) is 11.3. The van der Waals surface area contributed by atoms with Gasteiger partial charge in [0.1, 0.15) is 10.7 Å². The fraction of sp³-hybridized carbons (Fsp3) is 0.667. The van der Waals surface area contributed by atoms with Crippen molar-refractivity contribution in [2.45, 2.75) is 33.4 Å². The Morgan fingerprint density at radius 2 is 2.28 bits per heavy atom. The molecule has 6 heteroatoms. The predicted octanol–water partition coefficient (Wildman–Crippen LogP) is 1.39. The quantitative estimate of drug-likeness (QED) is 0.848. The zero-order valence-corrected chi connectivity index (χ0v) is 12.1. The van der Waals surface area contributed by atoms with Crippen LogP contribution in [0.4, 0.5) is 0 Å². The molecule has 1 unspecified atom stereocenters. The second-order valence-electron chi connectivity index (χ2n) is 5.13. The standard InChI is InChI=1S/C12H21N3O2S/c1-12(2,3)9(17-4)6-14-11(16)8-7-18-10(5-13)15-8/h7,9H,5-6,13H2,1-4H3,(H,14,16). The summed E-state index contributed by atoms with van der Waals surface area (Å²) in [6.07, 6.45) is -0.0333. The van der Waals surface area contributed by atoms with E-state index >= 15 is 0 Å². The molecule has 18 heavy (non-hydrogen) atoms. The highest BCUT2D eigenvalue weighted by molar-refractivity contribution is 7.09. The molecule has 0 saturated carbocycles. The van der Waals surface area contributed by atoms with Crippen LogP contribution in [0, 0.1) is 5.41 Å². The van der Waals surface area contributed by atoms with Crippen LogP contribution in [0.3, 0.4) is 0 Å². The van der Waals surface area contributed by atoms with Gasteiger partial charge in [0.15, 0.2) is 0 Å². The van der Waals surface area contributed by atoms with Gasteiger partial charge in [0, 0.05) is 25.6 Å². The van der Waals surface area contributed by atoms with Crippen molar-refractivity contribution in [3.05, 3.63) is 16.1 Å². The summed E-state index contributed by atoms with van der Waals surface area (Å²) in [5, 5.41) is 5.32. The lowest BCUT2D eigenvalue weighted by Gasteiger charge is -2.29. The minimum atomic E-state index is -0.183. The molecule has 0 aliphatic carbocycles. The van der Waals surface area contributed by atoms with Crippen LogP contribution in [0.2, 0.25) is 0 Å². The van der Waals surface area contributed by atoms with E-state index in [1.54, 1.807) is 12.5 Å². The van der Waals surface area contributed by atoms with Crippen molar-refractivity contribution in [1.82, 2.24) is 10.3 Å². The first kappa shape index (κ1) is 15.1. The topological polar surface area (TPSA) is 77.2 Å². The minimum absolute atomic E-state index is 0.0213. The predicted molar refractivity (Wildman–Crippen MR) is 72.6 cm³/mol. The average molecular weight is 271 g/mol. The molecule has 3 N–H and O–H groups in total. The van der Waals surface area contributed by atoms with Crippen LogP contribution < -0.4 is 11.1 Å². The van der Waals surface area contributed by atoms with Gasteiger partial charge in [-0.25, -0.2) is 4.98 Å². The lowest BCUT2D eigenvalue weighted by Crippen LogP contribution is -2.40. The molecule has 0 aromatic carbocycles. The number of amides is 1. The molecule has 0 saturated heterocycles. The number of thiazole rings is 1. The normalized spacial score (nSPS) is 13.4. The van der Waals surface area contributed by atoms with Crippen LogP contribution in [0.5, 0.6) is 0 Å². The van der Waals surface area contributed by atoms with E-state index in [4.69, 9.17) is 10.5 Å². The molecular weight excluding hydrogens is 250 g/mol. The molecule has 102 valence electrons. The molecule has 1 aromatic rings. The summed E-state index contributed by atoms with van der Waals surface area (Å²) in [7, 11) is 1.65. The van der Waals surface area contributed by atoms with Crippen LogP contribution >= 0.6 is 11.3 Å². The van der Waals surface area contributed by atoms with Crippen LogP contribution in [0.1, 0.15) is 36.3 Å². The van der Waals surface area contributed by atoms with Crippen molar-refractivity contribution in [2.24, 2.45) is 11.1 Å². The summed E-state index contributed by atoms with van der Waals surface area (Å²) in [5.41, 5.74) is 5.86. The van der Waals surface area contributed by atoms with Crippen LogP contribution in [-0.2, 0) is 11.3 Å². The number of nitrogens with one attached hydrogen (secondary N) is 1. The molecule has 0 bridgehead atoms. The Bertz CT molecular complexity index is 398. The third kappa shape index (κ3) is 4.04. The molecule has 0 radical (unpaired) electrons. The van der Waals surface area contributed by atoms with Crippen molar-refractivity contribution in [1.29, 1.82) is 0 Å². The third-order valence-corrected chi connectivity index (χ3v) is 3.53. The zero-order chi connectivity index (χ0) is 13.8. The van der Waals surface area contributed by atoms with Crippen molar-refractivity contribution in [2.75, 3.05) is 13.7 Å². The number of aromatic nitrogens is 1. The number of hydrogen-bond acceptors (Lipinski definition) is 5. The Kier molecular flexibility index (Phi) is 5.25.